The van der Waals surface area contributed by atoms with Gasteiger partial charge in [0.15, 0.2) is 0 Å². The van der Waals surface area contributed by atoms with Crippen LogP contribution in [0.2, 0.25) is 0 Å². The van der Waals surface area contributed by atoms with Crippen LogP contribution in [-0.4, -0.2) is 0 Å². The highest BCUT2D eigenvalue weighted by molar-refractivity contribution is 6.25. The molecule has 0 nitrogen and oxygen atoms in total. The van der Waals surface area contributed by atoms with Crippen LogP contribution >= 0.6 is 0 Å². The lowest BCUT2D eigenvalue weighted by Crippen LogP contribution is -2.15. The first-order valence-electron chi connectivity index (χ1n) is 16.6. The fourth-order valence-electron chi connectivity index (χ4n) is 8.39. The molecule has 0 atom stereocenters. The molecule has 0 bridgehead atoms. The summed E-state index contributed by atoms with van der Waals surface area (Å²) in [4.78, 5) is 0. The van der Waals surface area contributed by atoms with Crippen molar-refractivity contribution < 1.29 is 0 Å². The van der Waals surface area contributed by atoms with Gasteiger partial charge >= 0.3 is 0 Å². The highest BCUT2D eigenvalue weighted by atomic mass is 14.4. The molecular formula is C47H32. The van der Waals surface area contributed by atoms with E-state index in [1.54, 1.807) is 0 Å². The summed E-state index contributed by atoms with van der Waals surface area (Å²) in [5.41, 5.74) is 13.0. The van der Waals surface area contributed by atoms with E-state index in [0.717, 1.165) is 0 Å². The summed E-state index contributed by atoms with van der Waals surface area (Å²) < 4.78 is 0. The Hall–Kier alpha value is -5.72. The second kappa shape index (κ2) is 9.64. The third-order valence-corrected chi connectivity index (χ3v) is 10.8. The summed E-state index contributed by atoms with van der Waals surface area (Å²) in [5.74, 6) is 0. The van der Waals surface area contributed by atoms with Gasteiger partial charge < -0.3 is 0 Å². The molecule has 0 fully saturated rings. The first-order chi connectivity index (χ1) is 23.0. The van der Waals surface area contributed by atoms with E-state index in [-0.39, 0.29) is 5.41 Å². The van der Waals surface area contributed by atoms with Crippen molar-refractivity contribution in [2.45, 2.75) is 19.3 Å². The first-order valence-corrected chi connectivity index (χ1v) is 16.6. The SMILES string of the molecule is CC1(C)c2cc(-c3ccc(-c4cccc5ccccc45)cc3)ccc2-c2ccc(-c3ccc4ccc5cccc6ccc3c4c56)cc21. The summed E-state index contributed by atoms with van der Waals surface area (Å²) in [7, 11) is 0. The van der Waals surface area contributed by atoms with Crippen molar-refractivity contribution in [3.05, 3.63) is 169 Å². The van der Waals surface area contributed by atoms with Gasteiger partial charge in [0.25, 0.3) is 0 Å². The van der Waals surface area contributed by atoms with E-state index >= 15 is 0 Å². The molecule has 0 saturated heterocycles. The number of rotatable bonds is 3. The quantitative estimate of drug-likeness (QED) is 0.178. The first kappa shape index (κ1) is 26.5. The second-order valence-corrected chi connectivity index (χ2v) is 13.7. The van der Waals surface area contributed by atoms with E-state index in [1.807, 2.05) is 0 Å². The molecule has 0 aliphatic heterocycles. The van der Waals surface area contributed by atoms with Crippen LogP contribution in [0, 0.1) is 0 Å². The normalized spacial score (nSPS) is 13.5. The molecule has 0 aromatic heterocycles. The van der Waals surface area contributed by atoms with Crippen LogP contribution in [0.15, 0.2) is 158 Å². The molecular weight excluding hydrogens is 565 g/mol. The maximum atomic E-state index is 2.46. The topological polar surface area (TPSA) is 0 Å². The summed E-state index contributed by atoms with van der Waals surface area (Å²) in [6.07, 6.45) is 0. The molecule has 0 amide bonds. The predicted molar refractivity (Wildman–Crippen MR) is 202 cm³/mol. The molecule has 0 heterocycles. The average Bonchev–Trinajstić information content (AvgIpc) is 3.35. The Balaban J connectivity index is 1.04. The third-order valence-electron chi connectivity index (χ3n) is 10.8. The smallest absolute Gasteiger partial charge is 0.0159 e. The van der Waals surface area contributed by atoms with Crippen LogP contribution in [-0.2, 0) is 5.41 Å². The lowest BCUT2D eigenvalue weighted by atomic mass is 9.80. The van der Waals surface area contributed by atoms with Crippen molar-refractivity contribution in [1.29, 1.82) is 0 Å². The molecule has 220 valence electrons. The Kier molecular flexibility index (Phi) is 5.44. The van der Waals surface area contributed by atoms with E-state index in [0.29, 0.717) is 0 Å². The van der Waals surface area contributed by atoms with Gasteiger partial charge in [-0.15, -0.1) is 0 Å². The zero-order chi connectivity index (χ0) is 31.3. The van der Waals surface area contributed by atoms with Crippen molar-refractivity contribution in [3.63, 3.8) is 0 Å². The van der Waals surface area contributed by atoms with Gasteiger partial charge in [0.2, 0.25) is 0 Å². The minimum absolute atomic E-state index is 0.108. The lowest BCUT2D eigenvalue weighted by Gasteiger charge is -2.23. The van der Waals surface area contributed by atoms with Crippen molar-refractivity contribution >= 4 is 43.1 Å². The highest BCUT2D eigenvalue weighted by Gasteiger charge is 2.36. The molecule has 9 aromatic rings. The summed E-state index contributed by atoms with van der Waals surface area (Å²) in [6, 6.07) is 58.9. The Morgan fingerprint density at radius 1 is 0.319 bits per heavy atom. The molecule has 1 aliphatic carbocycles. The Labute approximate surface area is 274 Å². The molecule has 0 radical (unpaired) electrons. The van der Waals surface area contributed by atoms with E-state index in [4.69, 9.17) is 0 Å². The molecule has 47 heavy (non-hydrogen) atoms. The fraction of sp³-hybridized carbons (Fsp3) is 0.0638. The van der Waals surface area contributed by atoms with Gasteiger partial charge in [0.1, 0.15) is 0 Å². The molecule has 0 saturated carbocycles. The molecule has 0 N–H and O–H groups in total. The Morgan fingerprint density at radius 3 is 1.62 bits per heavy atom. The number of fused-ring (bicyclic) bond motifs is 4. The lowest BCUT2D eigenvalue weighted by molar-refractivity contribution is 0.661. The zero-order valence-corrected chi connectivity index (χ0v) is 26.5. The highest BCUT2D eigenvalue weighted by Crippen LogP contribution is 2.51. The van der Waals surface area contributed by atoms with Crippen LogP contribution in [0.3, 0.4) is 0 Å². The molecule has 10 rings (SSSR count). The second-order valence-electron chi connectivity index (χ2n) is 13.7. The predicted octanol–water partition coefficient (Wildman–Crippen LogP) is 13.0. The summed E-state index contributed by atoms with van der Waals surface area (Å²) in [5, 5.41) is 10.6. The average molecular weight is 597 g/mol. The Bertz CT molecular complexity index is 2670. The van der Waals surface area contributed by atoms with Gasteiger partial charge in [-0.2, -0.15) is 0 Å². The van der Waals surface area contributed by atoms with Crippen LogP contribution in [0.4, 0.5) is 0 Å². The Morgan fingerprint density at radius 2 is 0.830 bits per heavy atom. The van der Waals surface area contributed by atoms with Crippen LogP contribution in [0.1, 0.15) is 25.0 Å². The molecule has 0 unspecified atom stereocenters. The van der Waals surface area contributed by atoms with Crippen LogP contribution in [0.25, 0.3) is 87.6 Å². The van der Waals surface area contributed by atoms with Gasteiger partial charge in [0, 0.05) is 5.41 Å². The van der Waals surface area contributed by atoms with Crippen LogP contribution < -0.4 is 0 Å². The minimum atomic E-state index is -0.108. The molecule has 9 aromatic carbocycles. The van der Waals surface area contributed by atoms with Gasteiger partial charge in [-0.1, -0.05) is 159 Å². The number of benzene rings is 9. The van der Waals surface area contributed by atoms with Crippen molar-refractivity contribution in [3.8, 4) is 44.5 Å². The molecule has 0 heteroatoms. The van der Waals surface area contributed by atoms with Crippen molar-refractivity contribution in [2.24, 2.45) is 0 Å². The van der Waals surface area contributed by atoms with E-state index in [2.05, 4.69) is 172 Å². The van der Waals surface area contributed by atoms with Crippen molar-refractivity contribution in [1.82, 2.24) is 0 Å². The largest absolute Gasteiger partial charge is 0.0616 e. The maximum absolute atomic E-state index is 2.46. The van der Waals surface area contributed by atoms with Gasteiger partial charge in [-0.25, -0.2) is 0 Å². The zero-order valence-electron chi connectivity index (χ0n) is 26.5. The molecule has 1 aliphatic rings. The van der Waals surface area contributed by atoms with Gasteiger partial charge in [-0.3, -0.25) is 0 Å². The van der Waals surface area contributed by atoms with Gasteiger partial charge in [-0.05, 0) is 111 Å². The summed E-state index contributed by atoms with van der Waals surface area (Å²) >= 11 is 0. The standard InChI is InChI=1S/C47H32/c1-47(2)43-27-35(29-13-15-31(16-14-29)38-12-6-8-30-7-3-4-11-37(30)38)21-24-40(43)41-25-22-36(28-44(41)47)39-23-19-34-18-17-32-9-5-10-33-20-26-42(39)46(34)45(32)33/h3-28H,1-2H3. The van der Waals surface area contributed by atoms with E-state index in [9.17, 15) is 0 Å². The fourth-order valence-corrected chi connectivity index (χ4v) is 8.39. The maximum Gasteiger partial charge on any atom is 0.0159 e. The number of hydrogen-bond acceptors (Lipinski definition) is 0. The van der Waals surface area contributed by atoms with E-state index < -0.39 is 0 Å². The van der Waals surface area contributed by atoms with E-state index in [1.165, 1.54) is 98.7 Å². The third kappa shape index (κ3) is 3.82. The van der Waals surface area contributed by atoms with Crippen molar-refractivity contribution in [2.75, 3.05) is 0 Å². The minimum Gasteiger partial charge on any atom is -0.0616 e. The number of hydrogen-bond donors (Lipinski definition) is 0. The molecule has 0 spiro atoms. The monoisotopic (exact) mass is 596 g/mol. The summed E-state index contributed by atoms with van der Waals surface area (Å²) in [6.45, 7) is 4.78. The van der Waals surface area contributed by atoms with Gasteiger partial charge in [0.05, 0.1) is 0 Å². The van der Waals surface area contributed by atoms with Crippen LogP contribution in [0.5, 0.6) is 0 Å².